The molecule has 0 atom stereocenters. The number of methoxy groups -OCH3 is 1. The zero-order chi connectivity index (χ0) is 17.6. The standard InChI is InChI=1S/C20H22N2O2S/c1-15-6-5-7-16(14-15)10-11-19(23)22(12-13-24-2)20-21-17-8-3-4-9-18(17)25-20/h3-9,14H,10-13H2,1-2H3. The number of aromatic nitrogens is 1. The number of amides is 1. The summed E-state index contributed by atoms with van der Waals surface area (Å²) in [6.07, 6.45) is 1.19. The Hall–Kier alpha value is -2.24. The molecule has 25 heavy (non-hydrogen) atoms. The van der Waals surface area contributed by atoms with Gasteiger partial charge in [-0.05, 0) is 31.0 Å². The Morgan fingerprint density at radius 3 is 2.80 bits per heavy atom. The number of aryl methyl sites for hydroxylation is 2. The van der Waals surface area contributed by atoms with Crippen molar-refractivity contribution < 1.29 is 9.53 Å². The van der Waals surface area contributed by atoms with E-state index in [1.54, 1.807) is 23.3 Å². The quantitative estimate of drug-likeness (QED) is 0.638. The average molecular weight is 354 g/mol. The fourth-order valence-corrected chi connectivity index (χ4v) is 3.75. The van der Waals surface area contributed by atoms with Crippen molar-refractivity contribution in [1.82, 2.24) is 4.98 Å². The number of fused-ring (bicyclic) bond motifs is 1. The van der Waals surface area contributed by atoms with Gasteiger partial charge in [0.1, 0.15) is 0 Å². The van der Waals surface area contributed by atoms with Crippen LogP contribution in [0.25, 0.3) is 10.2 Å². The van der Waals surface area contributed by atoms with Crippen LogP contribution in [0.3, 0.4) is 0 Å². The van der Waals surface area contributed by atoms with Crippen LogP contribution in [0, 0.1) is 6.92 Å². The maximum absolute atomic E-state index is 12.8. The third-order valence-electron chi connectivity index (χ3n) is 4.04. The number of para-hydroxylation sites is 1. The fourth-order valence-electron chi connectivity index (χ4n) is 2.74. The number of rotatable bonds is 7. The molecule has 0 radical (unpaired) electrons. The maximum atomic E-state index is 12.8. The molecule has 0 spiro atoms. The Bertz CT molecular complexity index is 827. The molecule has 4 nitrogen and oxygen atoms in total. The molecule has 0 saturated heterocycles. The summed E-state index contributed by atoms with van der Waals surface area (Å²) in [5, 5.41) is 0.743. The minimum Gasteiger partial charge on any atom is -0.383 e. The van der Waals surface area contributed by atoms with E-state index in [1.807, 2.05) is 30.3 Å². The molecule has 5 heteroatoms. The van der Waals surface area contributed by atoms with E-state index in [4.69, 9.17) is 4.74 Å². The number of ether oxygens (including phenoxy) is 1. The SMILES string of the molecule is COCCN(C(=O)CCc1cccc(C)c1)c1nc2ccccc2s1. The van der Waals surface area contributed by atoms with Crippen molar-refractivity contribution >= 4 is 32.6 Å². The molecule has 3 rings (SSSR count). The molecule has 2 aromatic carbocycles. The third-order valence-corrected chi connectivity index (χ3v) is 5.10. The molecule has 0 aliphatic carbocycles. The van der Waals surface area contributed by atoms with Gasteiger partial charge in [-0.2, -0.15) is 0 Å². The van der Waals surface area contributed by atoms with Crippen LogP contribution in [0.15, 0.2) is 48.5 Å². The molecule has 0 unspecified atom stereocenters. The molecule has 130 valence electrons. The lowest BCUT2D eigenvalue weighted by atomic mass is 10.1. The van der Waals surface area contributed by atoms with Crippen molar-refractivity contribution in [3.63, 3.8) is 0 Å². The van der Waals surface area contributed by atoms with Crippen LogP contribution in [-0.2, 0) is 16.0 Å². The summed E-state index contributed by atoms with van der Waals surface area (Å²) in [5.41, 5.74) is 3.33. The van der Waals surface area contributed by atoms with Crippen molar-refractivity contribution in [3.05, 3.63) is 59.7 Å². The number of thiazole rings is 1. The molecule has 0 aliphatic rings. The van der Waals surface area contributed by atoms with Crippen LogP contribution < -0.4 is 4.90 Å². The third kappa shape index (κ3) is 4.44. The van der Waals surface area contributed by atoms with E-state index in [9.17, 15) is 4.79 Å². The molecule has 0 saturated carbocycles. The maximum Gasteiger partial charge on any atom is 0.229 e. The first-order valence-electron chi connectivity index (χ1n) is 8.38. The van der Waals surface area contributed by atoms with Gasteiger partial charge in [-0.1, -0.05) is 53.3 Å². The van der Waals surface area contributed by atoms with Gasteiger partial charge in [-0.3, -0.25) is 9.69 Å². The lowest BCUT2D eigenvalue weighted by Gasteiger charge is -2.19. The summed E-state index contributed by atoms with van der Waals surface area (Å²) in [4.78, 5) is 19.2. The molecule has 1 amide bonds. The van der Waals surface area contributed by atoms with Gasteiger partial charge in [-0.15, -0.1) is 0 Å². The smallest absolute Gasteiger partial charge is 0.229 e. The average Bonchev–Trinajstić information content (AvgIpc) is 3.04. The summed E-state index contributed by atoms with van der Waals surface area (Å²) in [5.74, 6) is 0.0811. The van der Waals surface area contributed by atoms with E-state index in [1.165, 1.54) is 11.1 Å². The first kappa shape index (κ1) is 17.6. The van der Waals surface area contributed by atoms with Crippen molar-refractivity contribution in [2.45, 2.75) is 19.8 Å². The summed E-state index contributed by atoms with van der Waals surface area (Å²) in [7, 11) is 1.65. The second kappa shape index (κ2) is 8.23. The van der Waals surface area contributed by atoms with Crippen molar-refractivity contribution in [2.75, 3.05) is 25.2 Å². The normalized spacial score (nSPS) is 11.0. The number of carbonyl (C=O) groups excluding carboxylic acids is 1. The van der Waals surface area contributed by atoms with Gasteiger partial charge >= 0.3 is 0 Å². The Morgan fingerprint density at radius 1 is 1.20 bits per heavy atom. The summed E-state index contributed by atoms with van der Waals surface area (Å²) in [6, 6.07) is 16.3. The predicted molar refractivity (Wildman–Crippen MR) is 103 cm³/mol. The molecular formula is C20H22N2O2S. The van der Waals surface area contributed by atoms with Crippen LogP contribution in [0.1, 0.15) is 17.5 Å². The van der Waals surface area contributed by atoms with E-state index in [0.29, 0.717) is 19.6 Å². The van der Waals surface area contributed by atoms with Crippen LogP contribution >= 0.6 is 11.3 Å². The minimum atomic E-state index is 0.0811. The van der Waals surface area contributed by atoms with E-state index in [-0.39, 0.29) is 5.91 Å². The lowest BCUT2D eigenvalue weighted by molar-refractivity contribution is -0.118. The molecule has 1 aromatic heterocycles. The number of hydrogen-bond donors (Lipinski definition) is 0. The molecular weight excluding hydrogens is 332 g/mol. The number of anilines is 1. The van der Waals surface area contributed by atoms with E-state index in [0.717, 1.165) is 21.8 Å². The van der Waals surface area contributed by atoms with E-state index >= 15 is 0 Å². The highest BCUT2D eigenvalue weighted by Crippen LogP contribution is 2.29. The van der Waals surface area contributed by atoms with Crippen LogP contribution in [0.5, 0.6) is 0 Å². The number of nitrogens with zero attached hydrogens (tertiary/aromatic N) is 2. The molecule has 0 N–H and O–H groups in total. The second-order valence-electron chi connectivity index (χ2n) is 5.99. The first-order valence-corrected chi connectivity index (χ1v) is 9.19. The zero-order valence-corrected chi connectivity index (χ0v) is 15.4. The highest BCUT2D eigenvalue weighted by Gasteiger charge is 2.19. The highest BCUT2D eigenvalue weighted by atomic mass is 32.1. The lowest BCUT2D eigenvalue weighted by Crippen LogP contribution is -2.34. The van der Waals surface area contributed by atoms with Crippen LogP contribution in [0.2, 0.25) is 0 Å². The summed E-state index contributed by atoms with van der Waals surface area (Å²) < 4.78 is 6.27. The van der Waals surface area contributed by atoms with Gasteiger partial charge in [0.25, 0.3) is 0 Å². The Morgan fingerprint density at radius 2 is 2.04 bits per heavy atom. The van der Waals surface area contributed by atoms with Gasteiger partial charge in [0.2, 0.25) is 5.91 Å². The van der Waals surface area contributed by atoms with Crippen LogP contribution in [0.4, 0.5) is 5.13 Å². The zero-order valence-electron chi connectivity index (χ0n) is 14.6. The Balaban J connectivity index is 1.76. The van der Waals surface area contributed by atoms with Crippen molar-refractivity contribution in [2.24, 2.45) is 0 Å². The molecule has 0 bridgehead atoms. The second-order valence-corrected chi connectivity index (χ2v) is 7.00. The monoisotopic (exact) mass is 354 g/mol. The number of hydrogen-bond acceptors (Lipinski definition) is 4. The van der Waals surface area contributed by atoms with Gasteiger partial charge < -0.3 is 4.74 Å². The van der Waals surface area contributed by atoms with Crippen LogP contribution in [-0.4, -0.2) is 31.2 Å². The van der Waals surface area contributed by atoms with E-state index < -0.39 is 0 Å². The van der Waals surface area contributed by atoms with Gasteiger partial charge in [0.05, 0.1) is 23.4 Å². The number of carbonyl (C=O) groups is 1. The predicted octanol–water partition coefficient (Wildman–Crippen LogP) is 4.22. The Labute approximate surface area is 152 Å². The van der Waals surface area contributed by atoms with E-state index in [2.05, 4.69) is 30.1 Å². The summed E-state index contributed by atoms with van der Waals surface area (Å²) in [6.45, 7) is 3.08. The van der Waals surface area contributed by atoms with Crippen molar-refractivity contribution in [3.8, 4) is 0 Å². The topological polar surface area (TPSA) is 42.4 Å². The Kier molecular flexibility index (Phi) is 5.79. The van der Waals surface area contributed by atoms with Crippen molar-refractivity contribution in [1.29, 1.82) is 0 Å². The fraction of sp³-hybridized carbons (Fsp3) is 0.300. The van der Waals surface area contributed by atoms with Gasteiger partial charge in [0.15, 0.2) is 5.13 Å². The van der Waals surface area contributed by atoms with Gasteiger partial charge in [-0.25, -0.2) is 4.98 Å². The molecule has 1 heterocycles. The highest BCUT2D eigenvalue weighted by molar-refractivity contribution is 7.22. The van der Waals surface area contributed by atoms with Gasteiger partial charge in [0, 0.05) is 13.5 Å². The first-order chi connectivity index (χ1) is 12.2. The number of benzene rings is 2. The largest absolute Gasteiger partial charge is 0.383 e. The molecule has 0 aliphatic heterocycles. The molecule has 0 fully saturated rings. The molecule has 3 aromatic rings. The minimum absolute atomic E-state index is 0.0811. The summed E-state index contributed by atoms with van der Waals surface area (Å²) >= 11 is 1.55.